The van der Waals surface area contributed by atoms with E-state index in [4.69, 9.17) is 22.1 Å². The van der Waals surface area contributed by atoms with E-state index in [1.54, 1.807) is 14.2 Å². The number of ether oxygens (including phenoxy) is 1. The van der Waals surface area contributed by atoms with Crippen LogP contribution in [-0.4, -0.2) is 63.6 Å². The van der Waals surface area contributed by atoms with E-state index in [9.17, 15) is 4.79 Å². The number of primary amides is 1. The fraction of sp³-hybridized carbons (Fsp3) is 0.600. The second-order valence-electron chi connectivity index (χ2n) is 7.03. The molecule has 164 valence electrons. The van der Waals surface area contributed by atoms with Gasteiger partial charge in [0.1, 0.15) is 5.75 Å². The van der Waals surface area contributed by atoms with E-state index in [1.807, 2.05) is 18.2 Å². The molecule has 1 amide bonds. The number of carbonyl (C=O) groups is 1. The lowest BCUT2D eigenvalue weighted by Crippen LogP contribution is -2.43. The lowest BCUT2D eigenvalue weighted by molar-refractivity contribution is -0.123. The summed E-state index contributed by atoms with van der Waals surface area (Å²) in [6.07, 6.45) is 3.74. The number of piperidine rings is 1. The molecule has 0 radical (unpaired) electrons. The lowest BCUT2D eigenvalue weighted by Gasteiger charge is -2.31. The zero-order chi connectivity index (χ0) is 20.4. The van der Waals surface area contributed by atoms with Gasteiger partial charge in [0.05, 0.1) is 13.0 Å². The third-order valence-electron chi connectivity index (χ3n) is 5.02. The number of methoxy groups -OCH3 is 1. The molecule has 1 saturated heterocycles. The number of nitrogens with zero attached hydrogens (tertiary/aromatic N) is 2. The van der Waals surface area contributed by atoms with Gasteiger partial charge >= 0.3 is 0 Å². The fourth-order valence-corrected chi connectivity index (χ4v) is 3.66. The molecule has 9 heteroatoms. The number of nitrogens with two attached hydrogens (primary N) is 1. The first-order valence-electron chi connectivity index (χ1n) is 9.82. The molecule has 7 nitrogen and oxygen atoms in total. The Bertz CT molecular complexity index is 674. The molecular formula is C20H33ClIN5O2. The maximum absolute atomic E-state index is 11.4. The van der Waals surface area contributed by atoms with Crippen LogP contribution >= 0.6 is 35.6 Å². The second-order valence-corrected chi connectivity index (χ2v) is 7.44. The molecule has 2 rings (SSSR count). The number of halogens is 2. The van der Waals surface area contributed by atoms with Crippen molar-refractivity contribution in [3.05, 3.63) is 28.8 Å². The van der Waals surface area contributed by atoms with Crippen LogP contribution in [0.1, 0.15) is 24.8 Å². The Hall–Kier alpha value is -1.26. The molecule has 1 atom stereocenters. The van der Waals surface area contributed by atoms with Crippen LogP contribution in [0.25, 0.3) is 0 Å². The van der Waals surface area contributed by atoms with Gasteiger partial charge in [-0.25, -0.2) is 0 Å². The van der Waals surface area contributed by atoms with E-state index in [1.165, 1.54) is 0 Å². The van der Waals surface area contributed by atoms with Gasteiger partial charge in [0.25, 0.3) is 0 Å². The summed E-state index contributed by atoms with van der Waals surface area (Å²) in [6.45, 7) is 4.33. The van der Waals surface area contributed by atoms with Crippen molar-refractivity contribution < 1.29 is 9.53 Å². The highest BCUT2D eigenvalue weighted by Crippen LogP contribution is 2.22. The monoisotopic (exact) mass is 537 g/mol. The van der Waals surface area contributed by atoms with Crippen LogP contribution in [0.2, 0.25) is 5.02 Å². The Balaban J connectivity index is 0.00000420. The van der Waals surface area contributed by atoms with E-state index >= 15 is 0 Å². The van der Waals surface area contributed by atoms with Crippen LogP contribution < -0.4 is 21.1 Å². The normalized spacial score (nSPS) is 17.3. The van der Waals surface area contributed by atoms with Crippen molar-refractivity contribution in [1.82, 2.24) is 15.5 Å². The molecule has 1 aromatic rings. The maximum atomic E-state index is 11.4. The van der Waals surface area contributed by atoms with E-state index < -0.39 is 0 Å². The quantitative estimate of drug-likeness (QED) is 0.195. The molecule has 1 fully saturated rings. The highest BCUT2D eigenvalue weighted by atomic mass is 127. The summed E-state index contributed by atoms with van der Waals surface area (Å²) < 4.78 is 5.17. The second kappa shape index (κ2) is 13.9. The Morgan fingerprint density at radius 3 is 2.79 bits per heavy atom. The minimum atomic E-state index is -0.176. The molecule has 4 N–H and O–H groups in total. The van der Waals surface area contributed by atoms with Gasteiger partial charge in [0, 0.05) is 31.7 Å². The summed E-state index contributed by atoms with van der Waals surface area (Å²) in [5.41, 5.74) is 6.51. The number of aliphatic imine (C=N–C) groups is 1. The average molecular weight is 538 g/mol. The van der Waals surface area contributed by atoms with Crippen LogP contribution in [0.5, 0.6) is 5.75 Å². The number of likely N-dealkylation sites (tertiary alicyclic amines) is 1. The summed E-state index contributed by atoms with van der Waals surface area (Å²) in [5, 5.41) is 7.35. The third kappa shape index (κ3) is 8.96. The maximum Gasteiger partial charge on any atom is 0.221 e. The molecule has 29 heavy (non-hydrogen) atoms. The van der Waals surface area contributed by atoms with Crippen LogP contribution in [-0.2, 0) is 11.2 Å². The summed E-state index contributed by atoms with van der Waals surface area (Å²) in [5.74, 6) is 1.36. The molecule has 1 aromatic carbocycles. The third-order valence-corrected chi connectivity index (χ3v) is 5.37. The van der Waals surface area contributed by atoms with Crippen LogP contribution in [0, 0.1) is 5.92 Å². The molecule has 0 bridgehead atoms. The number of rotatable bonds is 9. The predicted molar refractivity (Wildman–Crippen MR) is 129 cm³/mol. The van der Waals surface area contributed by atoms with Crippen molar-refractivity contribution in [2.75, 3.05) is 46.9 Å². The van der Waals surface area contributed by atoms with Gasteiger partial charge in [0.15, 0.2) is 5.96 Å². The molecule has 0 aromatic heterocycles. The Kier molecular flexibility index (Phi) is 12.3. The molecule has 1 heterocycles. The van der Waals surface area contributed by atoms with Crippen molar-refractivity contribution in [2.24, 2.45) is 16.6 Å². The number of carbonyl (C=O) groups excluding carboxylic acids is 1. The van der Waals surface area contributed by atoms with Gasteiger partial charge < -0.3 is 26.0 Å². The minimum absolute atomic E-state index is 0. The Morgan fingerprint density at radius 2 is 2.14 bits per heavy atom. The summed E-state index contributed by atoms with van der Waals surface area (Å²) >= 11 is 6.28. The van der Waals surface area contributed by atoms with Crippen molar-refractivity contribution in [1.29, 1.82) is 0 Å². The molecule has 0 aliphatic carbocycles. The molecular weight excluding hydrogens is 505 g/mol. The lowest BCUT2D eigenvalue weighted by atomic mass is 9.97. The van der Waals surface area contributed by atoms with Crippen molar-refractivity contribution in [2.45, 2.75) is 25.7 Å². The highest BCUT2D eigenvalue weighted by Gasteiger charge is 2.23. The van der Waals surface area contributed by atoms with Crippen LogP contribution in [0.3, 0.4) is 0 Å². The summed E-state index contributed by atoms with van der Waals surface area (Å²) in [7, 11) is 3.39. The molecule has 1 aliphatic rings. The number of benzene rings is 1. The predicted octanol–water partition coefficient (Wildman–Crippen LogP) is 2.26. The molecule has 1 aliphatic heterocycles. The topological polar surface area (TPSA) is 92.0 Å². The number of guanidine groups is 1. The fourth-order valence-electron chi connectivity index (χ4n) is 3.39. The number of hydrogen-bond donors (Lipinski definition) is 3. The summed E-state index contributed by atoms with van der Waals surface area (Å²) in [6, 6.07) is 5.72. The van der Waals surface area contributed by atoms with E-state index in [0.717, 1.165) is 75.7 Å². The smallest absolute Gasteiger partial charge is 0.221 e. The zero-order valence-corrected chi connectivity index (χ0v) is 20.3. The van der Waals surface area contributed by atoms with Crippen LogP contribution in [0.15, 0.2) is 23.2 Å². The molecule has 0 spiro atoms. The van der Waals surface area contributed by atoms with E-state index in [-0.39, 0.29) is 35.8 Å². The first kappa shape index (κ1) is 25.8. The Morgan fingerprint density at radius 1 is 1.38 bits per heavy atom. The highest BCUT2D eigenvalue weighted by molar-refractivity contribution is 14.0. The number of amides is 1. The first-order valence-corrected chi connectivity index (χ1v) is 10.2. The molecule has 0 saturated carbocycles. The van der Waals surface area contributed by atoms with Gasteiger partial charge in [-0.2, -0.15) is 0 Å². The average Bonchev–Trinajstić information content (AvgIpc) is 2.70. The SMILES string of the molecule is CN=C(NCCCN1CCCC(C(N)=O)C1)NCCc1ccc(OC)cc1Cl.I. The first-order chi connectivity index (χ1) is 13.5. The zero-order valence-electron chi connectivity index (χ0n) is 17.2. The van der Waals surface area contributed by atoms with E-state index in [2.05, 4.69) is 20.5 Å². The van der Waals surface area contributed by atoms with Crippen molar-refractivity contribution in [3.8, 4) is 5.75 Å². The van der Waals surface area contributed by atoms with E-state index in [0.29, 0.717) is 5.02 Å². The van der Waals surface area contributed by atoms with Crippen LogP contribution in [0.4, 0.5) is 0 Å². The largest absolute Gasteiger partial charge is 0.497 e. The van der Waals surface area contributed by atoms with Crippen molar-refractivity contribution in [3.63, 3.8) is 0 Å². The number of hydrogen-bond acceptors (Lipinski definition) is 4. The molecule has 1 unspecified atom stereocenters. The van der Waals surface area contributed by atoms with Gasteiger partial charge in [-0.1, -0.05) is 17.7 Å². The van der Waals surface area contributed by atoms with Gasteiger partial charge in [0.2, 0.25) is 5.91 Å². The minimum Gasteiger partial charge on any atom is -0.497 e. The summed E-state index contributed by atoms with van der Waals surface area (Å²) in [4.78, 5) is 17.9. The van der Waals surface area contributed by atoms with Gasteiger partial charge in [-0.05, 0) is 56.5 Å². The van der Waals surface area contributed by atoms with Gasteiger partial charge in [-0.15, -0.1) is 24.0 Å². The van der Waals surface area contributed by atoms with Crippen molar-refractivity contribution >= 4 is 47.4 Å². The Labute approximate surface area is 195 Å². The standard InChI is InChI=1S/C20H32ClN5O2.HI/c1-23-20(25-10-8-15-6-7-17(28-2)13-18(15)21)24-9-4-12-26-11-3-5-16(14-26)19(22)27;/h6-7,13,16H,3-5,8-12,14H2,1-2H3,(H2,22,27)(H2,23,24,25);1H. The number of nitrogens with one attached hydrogen (secondary N) is 2. The van der Waals surface area contributed by atoms with Gasteiger partial charge in [-0.3, -0.25) is 9.79 Å².